The minimum atomic E-state index is -0.358. The Labute approximate surface area is 213 Å². The first-order valence-electron chi connectivity index (χ1n) is 12.2. The Hall–Kier alpha value is -3.95. The van der Waals surface area contributed by atoms with Crippen LogP contribution >= 0.6 is 0 Å². The maximum atomic E-state index is 13.6. The number of hydrogen-bond donors (Lipinski definition) is 2. The molecule has 1 aliphatic heterocycles. The second kappa shape index (κ2) is 11.4. The lowest BCUT2D eigenvalue weighted by molar-refractivity contribution is 0.0375. The highest BCUT2D eigenvalue weighted by molar-refractivity contribution is 5.93. The summed E-state index contributed by atoms with van der Waals surface area (Å²) in [5, 5.41) is 5.74. The standard InChI is InChI=1S/C28H27F2N5O2/c29-21-6-2-19(3-7-21)26-27(20-4-8-22(30)9-5-20)34-25-18-23(10-11-24(25)33-26)32-28(36)31-12-1-13-35-14-16-37-17-15-35/h2-11,18H,1,12-17H2,(H2,31,32,36). The third-order valence-corrected chi connectivity index (χ3v) is 6.20. The summed E-state index contributed by atoms with van der Waals surface area (Å²) in [5.41, 5.74) is 4.20. The summed E-state index contributed by atoms with van der Waals surface area (Å²) in [4.78, 5) is 24.3. The molecule has 9 heteroatoms. The number of rotatable bonds is 7. The van der Waals surface area contributed by atoms with Gasteiger partial charge in [-0.05, 0) is 79.7 Å². The lowest BCUT2D eigenvalue weighted by Gasteiger charge is -2.26. The summed E-state index contributed by atoms with van der Waals surface area (Å²) in [6, 6.07) is 17.0. The van der Waals surface area contributed by atoms with Gasteiger partial charge in [-0.3, -0.25) is 4.90 Å². The fourth-order valence-electron chi connectivity index (χ4n) is 4.25. The van der Waals surface area contributed by atoms with E-state index in [1.54, 1.807) is 42.5 Å². The van der Waals surface area contributed by atoms with Crippen molar-refractivity contribution in [2.24, 2.45) is 0 Å². The average Bonchev–Trinajstić information content (AvgIpc) is 2.92. The van der Waals surface area contributed by atoms with Gasteiger partial charge in [-0.1, -0.05) is 0 Å². The molecule has 5 rings (SSSR count). The summed E-state index contributed by atoms with van der Waals surface area (Å²) in [7, 11) is 0. The Balaban J connectivity index is 1.34. The molecule has 0 atom stereocenters. The molecule has 3 aromatic carbocycles. The van der Waals surface area contributed by atoms with Crippen LogP contribution in [0.3, 0.4) is 0 Å². The average molecular weight is 504 g/mol. The van der Waals surface area contributed by atoms with Gasteiger partial charge in [-0.15, -0.1) is 0 Å². The molecule has 1 aromatic heterocycles. The summed E-state index contributed by atoms with van der Waals surface area (Å²) >= 11 is 0. The SMILES string of the molecule is O=C(NCCCN1CCOCC1)Nc1ccc2nc(-c3ccc(F)cc3)c(-c3ccc(F)cc3)nc2c1. The van der Waals surface area contributed by atoms with E-state index in [9.17, 15) is 13.6 Å². The zero-order valence-corrected chi connectivity index (χ0v) is 20.2. The normalized spacial score (nSPS) is 14.0. The van der Waals surface area contributed by atoms with E-state index in [0.717, 1.165) is 39.3 Å². The molecule has 0 aliphatic carbocycles. The van der Waals surface area contributed by atoms with Crippen LogP contribution in [0.2, 0.25) is 0 Å². The third kappa shape index (κ3) is 6.25. The van der Waals surface area contributed by atoms with E-state index in [0.29, 0.717) is 45.8 Å². The molecule has 0 radical (unpaired) electrons. The number of carbonyl (C=O) groups excluding carboxylic acids is 1. The molecule has 0 spiro atoms. The van der Waals surface area contributed by atoms with Gasteiger partial charge in [-0.2, -0.15) is 0 Å². The Morgan fingerprint density at radius 3 is 2.05 bits per heavy atom. The number of nitrogens with one attached hydrogen (secondary N) is 2. The number of anilines is 1. The first kappa shape index (κ1) is 24.7. The second-order valence-corrected chi connectivity index (χ2v) is 8.83. The number of benzene rings is 3. The molecule has 0 bridgehead atoms. The van der Waals surface area contributed by atoms with E-state index in [1.807, 2.05) is 0 Å². The molecular weight excluding hydrogens is 476 g/mol. The maximum absolute atomic E-state index is 13.6. The fourth-order valence-corrected chi connectivity index (χ4v) is 4.25. The number of halogens is 2. The molecule has 190 valence electrons. The van der Waals surface area contributed by atoms with Crippen LogP contribution in [0.5, 0.6) is 0 Å². The number of aromatic nitrogens is 2. The van der Waals surface area contributed by atoms with Gasteiger partial charge in [0.05, 0.1) is 35.6 Å². The van der Waals surface area contributed by atoms with E-state index in [1.165, 1.54) is 24.3 Å². The summed E-state index contributed by atoms with van der Waals surface area (Å²) in [6.45, 7) is 4.84. The van der Waals surface area contributed by atoms with Gasteiger partial charge < -0.3 is 15.4 Å². The molecule has 0 saturated carbocycles. The van der Waals surface area contributed by atoms with E-state index < -0.39 is 0 Å². The summed E-state index contributed by atoms with van der Waals surface area (Å²) < 4.78 is 32.5. The van der Waals surface area contributed by atoms with Crippen LogP contribution in [0.25, 0.3) is 33.5 Å². The Morgan fingerprint density at radius 1 is 0.838 bits per heavy atom. The number of carbonyl (C=O) groups is 1. The summed E-state index contributed by atoms with van der Waals surface area (Å²) in [5.74, 6) is -0.709. The van der Waals surface area contributed by atoms with Crippen molar-refractivity contribution in [2.75, 3.05) is 44.7 Å². The van der Waals surface area contributed by atoms with E-state index >= 15 is 0 Å². The molecule has 0 unspecified atom stereocenters. The zero-order valence-electron chi connectivity index (χ0n) is 20.2. The number of urea groups is 1. The molecule has 7 nitrogen and oxygen atoms in total. The first-order valence-corrected chi connectivity index (χ1v) is 12.2. The lowest BCUT2D eigenvalue weighted by Crippen LogP contribution is -2.38. The number of amides is 2. The van der Waals surface area contributed by atoms with Crippen molar-refractivity contribution in [2.45, 2.75) is 6.42 Å². The molecule has 4 aromatic rings. The van der Waals surface area contributed by atoms with Crippen molar-refractivity contribution in [3.05, 3.63) is 78.4 Å². The number of hydrogen-bond acceptors (Lipinski definition) is 5. The summed E-state index contributed by atoms with van der Waals surface area (Å²) in [6.07, 6.45) is 0.851. The van der Waals surface area contributed by atoms with Gasteiger partial charge >= 0.3 is 6.03 Å². The Kier molecular flexibility index (Phi) is 7.62. The highest BCUT2D eigenvalue weighted by Crippen LogP contribution is 2.32. The highest BCUT2D eigenvalue weighted by atomic mass is 19.1. The predicted molar refractivity (Wildman–Crippen MR) is 139 cm³/mol. The Bertz CT molecular complexity index is 1370. The topological polar surface area (TPSA) is 79.4 Å². The van der Waals surface area contributed by atoms with Crippen LogP contribution in [-0.2, 0) is 4.74 Å². The molecule has 37 heavy (non-hydrogen) atoms. The van der Waals surface area contributed by atoms with Crippen molar-refractivity contribution in [1.82, 2.24) is 20.2 Å². The van der Waals surface area contributed by atoms with Crippen LogP contribution in [0, 0.1) is 11.6 Å². The van der Waals surface area contributed by atoms with E-state index in [4.69, 9.17) is 14.7 Å². The molecule has 2 heterocycles. The van der Waals surface area contributed by atoms with Gasteiger partial charge in [0, 0.05) is 36.4 Å². The van der Waals surface area contributed by atoms with Crippen LogP contribution in [-0.4, -0.2) is 60.3 Å². The molecular formula is C28H27F2N5O2. The van der Waals surface area contributed by atoms with Crippen LogP contribution < -0.4 is 10.6 Å². The molecule has 2 N–H and O–H groups in total. The van der Waals surface area contributed by atoms with Gasteiger partial charge in [-0.25, -0.2) is 23.5 Å². The number of morpholine rings is 1. The van der Waals surface area contributed by atoms with Crippen molar-refractivity contribution < 1.29 is 18.3 Å². The molecule has 1 fully saturated rings. The van der Waals surface area contributed by atoms with Crippen molar-refractivity contribution in [1.29, 1.82) is 0 Å². The van der Waals surface area contributed by atoms with Crippen LogP contribution in [0.1, 0.15) is 6.42 Å². The van der Waals surface area contributed by atoms with Crippen LogP contribution in [0.4, 0.5) is 19.3 Å². The van der Waals surface area contributed by atoms with Gasteiger partial charge in [0.2, 0.25) is 0 Å². The quantitative estimate of drug-likeness (QED) is 0.344. The van der Waals surface area contributed by atoms with Crippen molar-refractivity contribution in [3.8, 4) is 22.5 Å². The minimum absolute atomic E-state index is 0.295. The van der Waals surface area contributed by atoms with E-state index in [2.05, 4.69) is 15.5 Å². The smallest absolute Gasteiger partial charge is 0.319 e. The maximum Gasteiger partial charge on any atom is 0.319 e. The second-order valence-electron chi connectivity index (χ2n) is 8.83. The van der Waals surface area contributed by atoms with Crippen molar-refractivity contribution in [3.63, 3.8) is 0 Å². The lowest BCUT2D eigenvalue weighted by atomic mass is 10.0. The predicted octanol–water partition coefficient (Wildman–Crippen LogP) is 5.09. The number of fused-ring (bicyclic) bond motifs is 1. The molecule has 1 saturated heterocycles. The Morgan fingerprint density at radius 2 is 1.43 bits per heavy atom. The largest absolute Gasteiger partial charge is 0.379 e. The highest BCUT2D eigenvalue weighted by Gasteiger charge is 2.15. The van der Waals surface area contributed by atoms with Crippen molar-refractivity contribution >= 4 is 22.8 Å². The fraction of sp³-hybridized carbons (Fsp3) is 0.250. The molecule has 1 aliphatic rings. The van der Waals surface area contributed by atoms with E-state index in [-0.39, 0.29) is 17.7 Å². The molecule has 2 amide bonds. The minimum Gasteiger partial charge on any atom is -0.379 e. The first-order chi connectivity index (χ1) is 18.0. The van der Waals surface area contributed by atoms with Crippen LogP contribution in [0.15, 0.2) is 66.7 Å². The zero-order chi connectivity index (χ0) is 25.6. The number of nitrogens with zero attached hydrogens (tertiary/aromatic N) is 3. The van der Waals surface area contributed by atoms with Gasteiger partial charge in [0.25, 0.3) is 0 Å². The van der Waals surface area contributed by atoms with Gasteiger partial charge in [0.15, 0.2) is 0 Å². The monoisotopic (exact) mass is 503 g/mol. The van der Waals surface area contributed by atoms with Gasteiger partial charge in [0.1, 0.15) is 11.6 Å². The number of ether oxygens (including phenoxy) is 1. The third-order valence-electron chi connectivity index (χ3n) is 6.20.